The standard InChI is InChI=1S/C23H27ClN6O2/c1-15-16(2)30-19-20(25-22(30)29(15)18-9-7-17(24)8-10-18)26(3)23(32)28(21(19)31)14-13-27-11-5-4-6-12-27/h7-10H,4-6,11-14H2,1-3H3. The first-order valence-electron chi connectivity index (χ1n) is 11.1. The Balaban J connectivity index is 1.70. The number of likely N-dealkylation sites (tertiary alicyclic amines) is 1. The van der Waals surface area contributed by atoms with E-state index < -0.39 is 0 Å². The summed E-state index contributed by atoms with van der Waals surface area (Å²) in [5, 5.41) is 0.652. The Morgan fingerprint density at radius 1 is 0.969 bits per heavy atom. The highest BCUT2D eigenvalue weighted by Crippen LogP contribution is 2.25. The molecule has 0 amide bonds. The van der Waals surface area contributed by atoms with Crippen molar-refractivity contribution < 1.29 is 0 Å². The Kier molecular flexibility index (Phi) is 5.22. The number of hydrogen-bond donors (Lipinski definition) is 0. The normalized spacial score (nSPS) is 15.2. The van der Waals surface area contributed by atoms with E-state index in [0.29, 0.717) is 35.1 Å². The van der Waals surface area contributed by atoms with E-state index in [4.69, 9.17) is 16.6 Å². The van der Waals surface area contributed by atoms with Gasteiger partial charge in [-0.05, 0) is 64.0 Å². The van der Waals surface area contributed by atoms with Gasteiger partial charge in [-0.1, -0.05) is 18.0 Å². The number of aryl methyl sites for hydroxylation is 2. The third kappa shape index (κ3) is 3.20. The van der Waals surface area contributed by atoms with Crippen LogP contribution in [-0.4, -0.2) is 47.6 Å². The molecule has 168 valence electrons. The molecule has 0 radical (unpaired) electrons. The molecule has 0 N–H and O–H groups in total. The van der Waals surface area contributed by atoms with Gasteiger partial charge in [0.1, 0.15) is 0 Å². The summed E-state index contributed by atoms with van der Waals surface area (Å²) in [5.41, 5.74) is 3.01. The van der Waals surface area contributed by atoms with E-state index >= 15 is 0 Å². The number of fused-ring (bicyclic) bond motifs is 3. The first kappa shape index (κ1) is 21.0. The van der Waals surface area contributed by atoms with Gasteiger partial charge in [0.15, 0.2) is 11.2 Å². The third-order valence-electron chi connectivity index (χ3n) is 6.69. The van der Waals surface area contributed by atoms with Crippen LogP contribution in [0.4, 0.5) is 0 Å². The second-order valence-corrected chi connectivity index (χ2v) is 9.04. The van der Waals surface area contributed by atoms with Gasteiger partial charge in [0.05, 0.1) is 0 Å². The molecular weight excluding hydrogens is 428 g/mol. The third-order valence-corrected chi connectivity index (χ3v) is 6.94. The van der Waals surface area contributed by atoms with Crippen LogP contribution in [0.1, 0.15) is 30.7 Å². The van der Waals surface area contributed by atoms with Gasteiger partial charge in [-0.25, -0.2) is 4.79 Å². The van der Waals surface area contributed by atoms with E-state index in [2.05, 4.69) is 4.90 Å². The highest BCUT2D eigenvalue weighted by atomic mass is 35.5. The predicted octanol–water partition coefficient (Wildman–Crippen LogP) is 2.89. The van der Waals surface area contributed by atoms with E-state index in [1.807, 2.05) is 47.1 Å². The Hall–Kier alpha value is -2.84. The van der Waals surface area contributed by atoms with Gasteiger partial charge in [0.25, 0.3) is 5.56 Å². The van der Waals surface area contributed by atoms with Crippen molar-refractivity contribution in [3.05, 3.63) is 61.5 Å². The Labute approximate surface area is 190 Å². The number of benzene rings is 1. The largest absolute Gasteiger partial charge is 0.332 e. The molecule has 1 aliphatic heterocycles. The number of rotatable bonds is 4. The fourth-order valence-corrected chi connectivity index (χ4v) is 4.90. The van der Waals surface area contributed by atoms with Crippen molar-refractivity contribution in [1.82, 2.24) is 28.0 Å². The molecule has 0 saturated carbocycles. The predicted molar refractivity (Wildman–Crippen MR) is 126 cm³/mol. The van der Waals surface area contributed by atoms with Crippen LogP contribution in [0.5, 0.6) is 0 Å². The molecule has 8 nitrogen and oxygen atoms in total. The lowest BCUT2D eigenvalue weighted by Gasteiger charge is -2.26. The zero-order valence-corrected chi connectivity index (χ0v) is 19.4. The maximum absolute atomic E-state index is 13.5. The number of aromatic nitrogens is 5. The second kappa shape index (κ2) is 7.94. The summed E-state index contributed by atoms with van der Waals surface area (Å²) in [4.78, 5) is 33.7. The first-order chi connectivity index (χ1) is 15.4. The van der Waals surface area contributed by atoms with Gasteiger partial charge in [0, 0.05) is 42.2 Å². The van der Waals surface area contributed by atoms with E-state index in [9.17, 15) is 9.59 Å². The maximum Gasteiger partial charge on any atom is 0.332 e. The Morgan fingerprint density at radius 2 is 1.66 bits per heavy atom. The van der Waals surface area contributed by atoms with Gasteiger partial charge in [0.2, 0.25) is 5.78 Å². The molecule has 0 aliphatic carbocycles. The van der Waals surface area contributed by atoms with E-state index in [1.165, 1.54) is 28.4 Å². The zero-order chi connectivity index (χ0) is 22.6. The molecule has 1 fully saturated rings. The minimum absolute atomic E-state index is 0.288. The van der Waals surface area contributed by atoms with E-state index in [0.717, 1.165) is 30.2 Å². The first-order valence-corrected chi connectivity index (χ1v) is 11.4. The van der Waals surface area contributed by atoms with Crippen LogP contribution in [0.15, 0.2) is 33.9 Å². The summed E-state index contributed by atoms with van der Waals surface area (Å²) in [6, 6.07) is 7.50. The molecule has 9 heteroatoms. The van der Waals surface area contributed by atoms with Crippen LogP contribution in [0.2, 0.25) is 5.02 Å². The Bertz CT molecular complexity index is 1430. The average Bonchev–Trinajstić information content (AvgIpc) is 3.29. The SMILES string of the molecule is Cc1c(C)n2c3c(=O)n(CCN4CCCCC4)c(=O)n(C)c3nc2n1-c1ccc(Cl)cc1. The Morgan fingerprint density at radius 3 is 2.34 bits per heavy atom. The average molecular weight is 455 g/mol. The van der Waals surface area contributed by atoms with Crippen molar-refractivity contribution in [3.8, 4) is 5.69 Å². The van der Waals surface area contributed by atoms with Gasteiger partial charge in [-0.15, -0.1) is 0 Å². The zero-order valence-electron chi connectivity index (χ0n) is 18.6. The van der Waals surface area contributed by atoms with Gasteiger partial charge in [-0.2, -0.15) is 4.98 Å². The molecule has 3 aromatic heterocycles. The minimum atomic E-state index is -0.326. The molecule has 0 atom stereocenters. The topological polar surface area (TPSA) is 69.5 Å². The summed E-state index contributed by atoms with van der Waals surface area (Å²) in [6.07, 6.45) is 3.60. The fraction of sp³-hybridized carbons (Fsp3) is 0.435. The van der Waals surface area contributed by atoms with Crippen LogP contribution in [0.3, 0.4) is 0 Å². The molecule has 1 aromatic carbocycles. The van der Waals surface area contributed by atoms with Crippen molar-refractivity contribution in [2.45, 2.75) is 39.7 Å². The van der Waals surface area contributed by atoms with Crippen molar-refractivity contribution >= 4 is 28.5 Å². The van der Waals surface area contributed by atoms with Crippen LogP contribution in [0.25, 0.3) is 22.6 Å². The van der Waals surface area contributed by atoms with Crippen molar-refractivity contribution in [3.63, 3.8) is 0 Å². The van der Waals surface area contributed by atoms with E-state index in [-0.39, 0.29) is 11.2 Å². The maximum atomic E-state index is 13.5. The summed E-state index contributed by atoms with van der Waals surface area (Å²) in [7, 11) is 1.68. The van der Waals surface area contributed by atoms with Crippen molar-refractivity contribution in [1.29, 1.82) is 0 Å². The lowest BCUT2D eigenvalue weighted by molar-refractivity contribution is 0.218. The molecular formula is C23H27ClN6O2. The lowest BCUT2D eigenvalue weighted by atomic mass is 10.1. The van der Waals surface area contributed by atoms with E-state index in [1.54, 1.807) is 7.05 Å². The molecule has 4 heterocycles. The van der Waals surface area contributed by atoms with Crippen LogP contribution in [0, 0.1) is 13.8 Å². The molecule has 1 aliphatic rings. The van der Waals surface area contributed by atoms with Gasteiger partial charge in [-0.3, -0.25) is 22.9 Å². The summed E-state index contributed by atoms with van der Waals surface area (Å²) >= 11 is 6.07. The van der Waals surface area contributed by atoms with Gasteiger partial charge < -0.3 is 4.90 Å². The summed E-state index contributed by atoms with van der Waals surface area (Å²) in [6.45, 7) is 7.10. The summed E-state index contributed by atoms with van der Waals surface area (Å²) < 4.78 is 6.71. The summed E-state index contributed by atoms with van der Waals surface area (Å²) in [5.74, 6) is 0.609. The smallest absolute Gasteiger partial charge is 0.302 e. The lowest BCUT2D eigenvalue weighted by Crippen LogP contribution is -2.43. The monoisotopic (exact) mass is 454 g/mol. The van der Waals surface area contributed by atoms with Gasteiger partial charge >= 0.3 is 5.69 Å². The molecule has 0 spiro atoms. The second-order valence-electron chi connectivity index (χ2n) is 8.60. The molecule has 1 saturated heterocycles. The quantitative estimate of drug-likeness (QED) is 0.475. The minimum Gasteiger partial charge on any atom is -0.302 e. The number of piperidine rings is 1. The fourth-order valence-electron chi connectivity index (χ4n) is 4.77. The van der Waals surface area contributed by atoms with Crippen molar-refractivity contribution in [2.75, 3.05) is 19.6 Å². The van der Waals surface area contributed by atoms with Crippen molar-refractivity contribution in [2.24, 2.45) is 7.05 Å². The number of nitrogens with zero attached hydrogens (tertiary/aromatic N) is 6. The highest BCUT2D eigenvalue weighted by Gasteiger charge is 2.23. The van der Waals surface area contributed by atoms with Crippen LogP contribution in [-0.2, 0) is 13.6 Å². The molecule has 5 rings (SSSR count). The molecule has 0 bridgehead atoms. The highest BCUT2D eigenvalue weighted by molar-refractivity contribution is 6.30. The number of imidazole rings is 2. The van der Waals surface area contributed by atoms with Crippen LogP contribution >= 0.6 is 11.6 Å². The number of hydrogen-bond acceptors (Lipinski definition) is 4. The molecule has 0 unspecified atom stereocenters. The molecule has 4 aromatic rings. The molecule has 32 heavy (non-hydrogen) atoms. The number of halogens is 1. The van der Waals surface area contributed by atoms with Crippen LogP contribution < -0.4 is 11.2 Å².